The molecule has 1 aliphatic heterocycles. The Morgan fingerprint density at radius 2 is 1.94 bits per heavy atom. The van der Waals surface area contributed by atoms with Crippen LogP contribution in [0, 0.1) is 5.82 Å². The number of benzene rings is 2. The second kappa shape index (κ2) is 12.5. The third kappa shape index (κ3) is 7.01. The highest BCUT2D eigenvalue weighted by molar-refractivity contribution is 14.0. The molecule has 0 radical (unpaired) electrons. The number of hydrogen-bond acceptors (Lipinski definition) is 3. The Morgan fingerprint density at radius 1 is 1.19 bits per heavy atom. The third-order valence-electron chi connectivity index (χ3n) is 4.81. The lowest BCUT2D eigenvalue weighted by molar-refractivity contribution is -0.117. The van der Waals surface area contributed by atoms with E-state index in [1.807, 2.05) is 31.2 Å². The number of ether oxygens (including phenoxy) is 1. The van der Waals surface area contributed by atoms with Crippen LogP contribution in [0.1, 0.15) is 30.9 Å². The smallest absolute Gasteiger partial charge is 0.387 e. The van der Waals surface area contributed by atoms with Gasteiger partial charge in [0.25, 0.3) is 0 Å². The van der Waals surface area contributed by atoms with Crippen LogP contribution in [0.25, 0.3) is 0 Å². The first-order valence-corrected chi connectivity index (χ1v) is 10.1. The van der Waals surface area contributed by atoms with E-state index in [4.69, 9.17) is 0 Å². The van der Waals surface area contributed by atoms with Crippen molar-refractivity contribution in [2.45, 2.75) is 39.5 Å². The maximum absolute atomic E-state index is 14.1. The molecule has 0 spiro atoms. The van der Waals surface area contributed by atoms with Crippen LogP contribution in [0.15, 0.2) is 47.5 Å². The van der Waals surface area contributed by atoms with Crippen molar-refractivity contribution >= 4 is 41.5 Å². The van der Waals surface area contributed by atoms with Crippen molar-refractivity contribution in [3.63, 3.8) is 0 Å². The molecule has 0 atom stereocenters. The molecule has 1 heterocycles. The lowest BCUT2D eigenvalue weighted by Crippen LogP contribution is -2.37. The van der Waals surface area contributed by atoms with Crippen molar-refractivity contribution in [2.75, 3.05) is 18.0 Å². The number of carbonyl (C=O) groups is 1. The number of amides is 1. The van der Waals surface area contributed by atoms with E-state index in [0.29, 0.717) is 25.5 Å². The predicted molar refractivity (Wildman–Crippen MR) is 128 cm³/mol. The van der Waals surface area contributed by atoms with Crippen LogP contribution in [0.2, 0.25) is 0 Å². The van der Waals surface area contributed by atoms with Crippen molar-refractivity contribution in [3.05, 3.63) is 59.4 Å². The fourth-order valence-corrected chi connectivity index (χ4v) is 3.30. The first kappa shape index (κ1) is 25.8. The number of hydrogen-bond donors (Lipinski definition) is 2. The molecule has 0 bridgehead atoms. The number of rotatable bonds is 8. The quantitative estimate of drug-likeness (QED) is 0.284. The average molecular weight is 562 g/mol. The van der Waals surface area contributed by atoms with Gasteiger partial charge in [-0.05, 0) is 43.2 Å². The van der Waals surface area contributed by atoms with Crippen LogP contribution in [-0.2, 0) is 17.9 Å². The van der Waals surface area contributed by atoms with Crippen molar-refractivity contribution < 1.29 is 22.7 Å². The topological polar surface area (TPSA) is 66.0 Å². The standard InChI is InChI=1S/C22H25F3N4O2.HI/c1-2-26-22(28-14-17-18(23)5-3-6-19(17)31-21(24)25)27-13-15-8-10-16(11-9-15)29-12-4-7-20(29)30;/h3,5-6,8-11,21H,2,4,7,12-14H2,1H3,(H2,26,27,28);1H. The van der Waals surface area contributed by atoms with Crippen LogP contribution in [0.3, 0.4) is 0 Å². The van der Waals surface area contributed by atoms with Crippen molar-refractivity contribution in [1.82, 2.24) is 10.6 Å². The summed E-state index contributed by atoms with van der Waals surface area (Å²) in [6, 6.07) is 11.4. The van der Waals surface area contributed by atoms with Crippen LogP contribution in [0.5, 0.6) is 5.75 Å². The summed E-state index contributed by atoms with van der Waals surface area (Å²) in [6.07, 6.45) is 1.45. The van der Waals surface area contributed by atoms with E-state index >= 15 is 0 Å². The van der Waals surface area contributed by atoms with Gasteiger partial charge in [0.05, 0.1) is 6.54 Å². The molecule has 0 aromatic heterocycles. The summed E-state index contributed by atoms with van der Waals surface area (Å²) in [6.45, 7) is 0.421. The molecule has 6 nitrogen and oxygen atoms in total. The maximum atomic E-state index is 14.1. The Kier molecular flexibility index (Phi) is 10.1. The second-order valence-electron chi connectivity index (χ2n) is 6.96. The van der Waals surface area contributed by atoms with Gasteiger partial charge in [0.1, 0.15) is 11.6 Å². The first-order valence-electron chi connectivity index (χ1n) is 10.1. The van der Waals surface area contributed by atoms with Gasteiger partial charge in [-0.3, -0.25) is 4.79 Å². The van der Waals surface area contributed by atoms with Gasteiger partial charge in [-0.2, -0.15) is 8.78 Å². The van der Waals surface area contributed by atoms with Crippen LogP contribution < -0.4 is 20.3 Å². The van der Waals surface area contributed by atoms with Gasteiger partial charge in [0.2, 0.25) is 5.91 Å². The van der Waals surface area contributed by atoms with E-state index in [2.05, 4.69) is 20.4 Å². The summed E-state index contributed by atoms with van der Waals surface area (Å²) >= 11 is 0. The highest BCUT2D eigenvalue weighted by Gasteiger charge is 2.21. The van der Waals surface area contributed by atoms with Crippen LogP contribution in [-0.4, -0.2) is 31.6 Å². The fourth-order valence-electron chi connectivity index (χ4n) is 3.30. The van der Waals surface area contributed by atoms with E-state index in [9.17, 15) is 18.0 Å². The summed E-state index contributed by atoms with van der Waals surface area (Å²) in [5.74, 6) is -0.320. The minimum Gasteiger partial charge on any atom is -0.434 e. The largest absolute Gasteiger partial charge is 0.434 e. The Balaban J connectivity index is 0.00000363. The van der Waals surface area contributed by atoms with E-state index in [-0.39, 0.29) is 47.7 Å². The summed E-state index contributed by atoms with van der Waals surface area (Å²) < 4.78 is 43.7. The van der Waals surface area contributed by atoms with Gasteiger partial charge in [0, 0.05) is 37.3 Å². The molecule has 0 aliphatic carbocycles. The van der Waals surface area contributed by atoms with E-state index < -0.39 is 12.4 Å². The SMILES string of the molecule is CCNC(=NCc1ccc(N2CCCC2=O)cc1)NCc1c(F)cccc1OC(F)F.I. The fraction of sp³-hybridized carbons (Fsp3) is 0.364. The number of nitrogens with zero attached hydrogens (tertiary/aromatic N) is 2. The molecule has 2 N–H and O–H groups in total. The van der Waals surface area contributed by atoms with Gasteiger partial charge in [0.15, 0.2) is 5.96 Å². The molecule has 2 aromatic carbocycles. The number of alkyl halides is 2. The van der Waals surface area contributed by atoms with Crippen LogP contribution in [0.4, 0.5) is 18.9 Å². The summed E-state index contributed by atoms with van der Waals surface area (Å²) in [5, 5.41) is 5.98. The third-order valence-corrected chi connectivity index (χ3v) is 4.81. The van der Waals surface area contributed by atoms with E-state index in [1.165, 1.54) is 18.2 Å². The highest BCUT2D eigenvalue weighted by Crippen LogP contribution is 2.23. The molecule has 1 fully saturated rings. The molecule has 174 valence electrons. The summed E-state index contributed by atoms with van der Waals surface area (Å²) in [7, 11) is 0. The van der Waals surface area contributed by atoms with Gasteiger partial charge in [-0.25, -0.2) is 9.38 Å². The Labute approximate surface area is 202 Å². The molecule has 1 saturated heterocycles. The normalized spacial score (nSPS) is 13.8. The zero-order valence-electron chi connectivity index (χ0n) is 17.6. The molecule has 1 aliphatic rings. The molecule has 32 heavy (non-hydrogen) atoms. The lowest BCUT2D eigenvalue weighted by Gasteiger charge is -2.16. The molecular weight excluding hydrogens is 536 g/mol. The molecule has 1 amide bonds. The zero-order valence-corrected chi connectivity index (χ0v) is 19.9. The molecule has 2 aromatic rings. The zero-order chi connectivity index (χ0) is 22.2. The van der Waals surface area contributed by atoms with E-state index in [1.54, 1.807) is 4.90 Å². The maximum Gasteiger partial charge on any atom is 0.387 e. The van der Waals surface area contributed by atoms with Crippen molar-refractivity contribution in [2.24, 2.45) is 4.99 Å². The number of guanidine groups is 1. The second-order valence-corrected chi connectivity index (χ2v) is 6.96. The Hall–Kier alpha value is -2.50. The Bertz CT molecular complexity index is 926. The van der Waals surface area contributed by atoms with Crippen molar-refractivity contribution in [3.8, 4) is 5.75 Å². The summed E-state index contributed by atoms with van der Waals surface area (Å²) in [4.78, 5) is 18.1. The summed E-state index contributed by atoms with van der Waals surface area (Å²) in [5.41, 5.74) is 1.79. The highest BCUT2D eigenvalue weighted by atomic mass is 127. The molecule has 0 unspecified atom stereocenters. The minimum atomic E-state index is -3.04. The Morgan fingerprint density at radius 3 is 2.56 bits per heavy atom. The van der Waals surface area contributed by atoms with Gasteiger partial charge in [-0.15, -0.1) is 24.0 Å². The monoisotopic (exact) mass is 562 g/mol. The minimum absolute atomic E-state index is 0. The van der Waals surface area contributed by atoms with Gasteiger partial charge in [-0.1, -0.05) is 18.2 Å². The van der Waals surface area contributed by atoms with Crippen molar-refractivity contribution in [1.29, 1.82) is 0 Å². The van der Waals surface area contributed by atoms with Gasteiger partial charge >= 0.3 is 6.61 Å². The average Bonchev–Trinajstić information content (AvgIpc) is 3.17. The lowest BCUT2D eigenvalue weighted by atomic mass is 10.2. The molecule has 3 rings (SSSR count). The van der Waals surface area contributed by atoms with Crippen LogP contribution >= 0.6 is 24.0 Å². The van der Waals surface area contributed by atoms with Gasteiger partial charge < -0.3 is 20.3 Å². The number of nitrogens with one attached hydrogen (secondary N) is 2. The number of halogens is 4. The number of aliphatic imine (C=N–C) groups is 1. The first-order chi connectivity index (χ1) is 15.0. The number of carbonyl (C=O) groups excluding carboxylic acids is 1. The van der Waals surface area contributed by atoms with E-state index in [0.717, 1.165) is 24.2 Å². The molecule has 0 saturated carbocycles. The number of anilines is 1. The predicted octanol–water partition coefficient (Wildman–Crippen LogP) is 4.43. The molecular formula is C22H26F3IN4O2. The molecule has 10 heteroatoms.